The van der Waals surface area contributed by atoms with Crippen LogP contribution in [0.2, 0.25) is 0 Å². The van der Waals surface area contributed by atoms with Gasteiger partial charge in [-0.25, -0.2) is 9.48 Å². The third-order valence-corrected chi connectivity index (χ3v) is 3.97. The van der Waals surface area contributed by atoms with Gasteiger partial charge in [-0.1, -0.05) is 5.21 Å². The van der Waals surface area contributed by atoms with Crippen molar-refractivity contribution in [1.82, 2.24) is 15.0 Å². The first-order valence-electron chi connectivity index (χ1n) is 6.55. The fourth-order valence-corrected chi connectivity index (χ4v) is 2.87. The second-order valence-corrected chi connectivity index (χ2v) is 5.18. The molecule has 1 aromatic rings. The van der Waals surface area contributed by atoms with Gasteiger partial charge in [-0.05, 0) is 25.7 Å². The normalized spacial score (nSPS) is 26.4. The Hall–Kier alpha value is -1.47. The van der Waals surface area contributed by atoms with Crippen LogP contribution in [0.4, 0.5) is 0 Å². The lowest BCUT2D eigenvalue weighted by atomic mass is 9.84. The number of aromatic carboxylic acids is 1. The Morgan fingerprint density at radius 1 is 1.42 bits per heavy atom. The Kier molecular flexibility index (Phi) is 3.24. The minimum absolute atomic E-state index is 0.00693. The molecule has 0 aromatic carbocycles. The van der Waals surface area contributed by atoms with E-state index in [1.807, 2.05) is 0 Å². The van der Waals surface area contributed by atoms with Gasteiger partial charge in [0.15, 0.2) is 5.69 Å². The molecule has 0 bridgehead atoms. The molecule has 104 valence electrons. The van der Waals surface area contributed by atoms with Gasteiger partial charge in [0, 0.05) is 19.8 Å². The zero-order valence-corrected chi connectivity index (χ0v) is 10.6. The number of carboxylic acid groups (broad SMARTS) is 1. The molecule has 0 amide bonds. The van der Waals surface area contributed by atoms with Gasteiger partial charge in [-0.2, -0.15) is 0 Å². The summed E-state index contributed by atoms with van der Waals surface area (Å²) in [4.78, 5) is 10.8. The van der Waals surface area contributed by atoms with E-state index in [-0.39, 0.29) is 17.3 Å². The lowest BCUT2D eigenvalue weighted by Gasteiger charge is -2.43. The average molecular weight is 267 g/mol. The molecular formula is C12H17N3O4. The number of hydrogen-bond acceptors (Lipinski definition) is 5. The first-order valence-corrected chi connectivity index (χ1v) is 6.55. The van der Waals surface area contributed by atoms with Crippen LogP contribution in [0.3, 0.4) is 0 Å². The summed E-state index contributed by atoms with van der Waals surface area (Å²) >= 11 is 0. The highest BCUT2D eigenvalue weighted by atomic mass is 16.5. The van der Waals surface area contributed by atoms with Crippen molar-refractivity contribution in [3.63, 3.8) is 0 Å². The van der Waals surface area contributed by atoms with Crippen molar-refractivity contribution in [2.24, 2.45) is 0 Å². The maximum atomic E-state index is 10.8. The predicted molar refractivity (Wildman–Crippen MR) is 64.0 cm³/mol. The van der Waals surface area contributed by atoms with Crippen molar-refractivity contribution in [2.75, 3.05) is 19.8 Å². The van der Waals surface area contributed by atoms with Crippen molar-refractivity contribution in [3.8, 4) is 0 Å². The number of ether oxygens (including phenoxy) is 2. The van der Waals surface area contributed by atoms with Crippen LogP contribution in [0.5, 0.6) is 0 Å². The van der Waals surface area contributed by atoms with Crippen LogP contribution in [0, 0.1) is 0 Å². The molecule has 0 aliphatic carbocycles. The Balaban J connectivity index is 1.75. The van der Waals surface area contributed by atoms with Gasteiger partial charge in [-0.3, -0.25) is 0 Å². The monoisotopic (exact) mass is 267 g/mol. The maximum Gasteiger partial charge on any atom is 0.358 e. The third kappa shape index (κ3) is 2.48. The molecule has 3 heterocycles. The molecule has 0 saturated carbocycles. The van der Waals surface area contributed by atoms with Gasteiger partial charge in [0.2, 0.25) is 0 Å². The summed E-state index contributed by atoms with van der Waals surface area (Å²) in [6, 6.07) is 0.160. The number of nitrogens with zero attached hydrogens (tertiary/aromatic N) is 3. The lowest BCUT2D eigenvalue weighted by molar-refractivity contribution is -0.145. The van der Waals surface area contributed by atoms with E-state index in [1.165, 1.54) is 6.20 Å². The van der Waals surface area contributed by atoms with Gasteiger partial charge < -0.3 is 14.6 Å². The zero-order valence-electron chi connectivity index (χ0n) is 10.6. The highest BCUT2D eigenvalue weighted by molar-refractivity contribution is 5.84. The van der Waals surface area contributed by atoms with E-state index in [1.54, 1.807) is 4.68 Å². The third-order valence-electron chi connectivity index (χ3n) is 3.97. The van der Waals surface area contributed by atoms with Crippen molar-refractivity contribution in [1.29, 1.82) is 0 Å². The molecule has 2 saturated heterocycles. The number of carbonyl (C=O) groups is 1. The highest BCUT2D eigenvalue weighted by Gasteiger charge is 2.40. The number of carboxylic acids is 1. The highest BCUT2D eigenvalue weighted by Crippen LogP contribution is 2.38. The molecule has 1 aromatic heterocycles. The van der Waals surface area contributed by atoms with E-state index in [9.17, 15) is 4.79 Å². The van der Waals surface area contributed by atoms with Crippen molar-refractivity contribution in [2.45, 2.75) is 37.3 Å². The standard InChI is InChI=1S/C12H17N3O4/c16-11(17)10-8-15(14-13-10)9-1-4-19-12(7-9)2-5-18-6-3-12/h8-9H,1-7H2,(H,16,17). The van der Waals surface area contributed by atoms with Crippen LogP contribution in [0.15, 0.2) is 6.20 Å². The number of aromatic nitrogens is 3. The summed E-state index contributed by atoms with van der Waals surface area (Å²) in [6.45, 7) is 2.13. The smallest absolute Gasteiger partial charge is 0.358 e. The second kappa shape index (κ2) is 4.90. The predicted octanol–water partition coefficient (Wildman–Crippen LogP) is 0.877. The summed E-state index contributed by atoms with van der Waals surface area (Å²) in [6.07, 6.45) is 4.98. The van der Waals surface area contributed by atoms with Gasteiger partial charge in [-0.15, -0.1) is 5.10 Å². The van der Waals surface area contributed by atoms with Crippen molar-refractivity contribution < 1.29 is 19.4 Å². The molecule has 19 heavy (non-hydrogen) atoms. The van der Waals surface area contributed by atoms with E-state index in [2.05, 4.69) is 10.3 Å². The van der Waals surface area contributed by atoms with Gasteiger partial charge in [0.05, 0.1) is 17.8 Å². The summed E-state index contributed by atoms with van der Waals surface area (Å²) in [5, 5.41) is 16.5. The largest absolute Gasteiger partial charge is 0.476 e. The number of rotatable bonds is 2. The van der Waals surface area contributed by atoms with Gasteiger partial charge in [0.25, 0.3) is 0 Å². The molecule has 2 aliphatic rings. The summed E-state index contributed by atoms with van der Waals surface area (Å²) in [5.41, 5.74) is -0.135. The van der Waals surface area contributed by atoms with Gasteiger partial charge in [0.1, 0.15) is 0 Å². The molecule has 2 fully saturated rings. The molecule has 1 unspecified atom stereocenters. The Morgan fingerprint density at radius 3 is 2.89 bits per heavy atom. The molecular weight excluding hydrogens is 250 g/mol. The van der Waals surface area contributed by atoms with Crippen LogP contribution < -0.4 is 0 Å². The second-order valence-electron chi connectivity index (χ2n) is 5.18. The van der Waals surface area contributed by atoms with E-state index < -0.39 is 5.97 Å². The topological polar surface area (TPSA) is 86.5 Å². The van der Waals surface area contributed by atoms with Crippen molar-refractivity contribution in [3.05, 3.63) is 11.9 Å². The van der Waals surface area contributed by atoms with Crippen LogP contribution in [-0.4, -0.2) is 51.5 Å². The van der Waals surface area contributed by atoms with E-state index in [4.69, 9.17) is 14.6 Å². The molecule has 3 rings (SSSR count). The fraction of sp³-hybridized carbons (Fsp3) is 0.750. The number of hydrogen-bond donors (Lipinski definition) is 1. The van der Waals surface area contributed by atoms with Crippen molar-refractivity contribution >= 4 is 5.97 Å². The fourth-order valence-electron chi connectivity index (χ4n) is 2.87. The van der Waals surface area contributed by atoms with Crippen LogP contribution >= 0.6 is 0 Å². The minimum atomic E-state index is -1.04. The SMILES string of the molecule is O=C(O)c1cn(C2CCOC3(CCOCC3)C2)nn1. The average Bonchev–Trinajstić information content (AvgIpc) is 2.89. The molecule has 2 aliphatic heterocycles. The molecule has 0 radical (unpaired) electrons. The van der Waals surface area contributed by atoms with E-state index >= 15 is 0 Å². The molecule has 1 spiro atoms. The summed E-state index contributed by atoms with van der Waals surface area (Å²) in [7, 11) is 0. The molecule has 7 nitrogen and oxygen atoms in total. The Morgan fingerprint density at radius 2 is 2.21 bits per heavy atom. The van der Waals surface area contributed by atoms with Crippen LogP contribution in [-0.2, 0) is 9.47 Å². The lowest BCUT2D eigenvalue weighted by Crippen LogP contribution is -2.44. The summed E-state index contributed by atoms with van der Waals surface area (Å²) in [5.74, 6) is -1.04. The van der Waals surface area contributed by atoms with Crippen LogP contribution in [0.1, 0.15) is 42.2 Å². The van der Waals surface area contributed by atoms with E-state index in [0.717, 1.165) is 38.9 Å². The molecule has 1 N–H and O–H groups in total. The first-order chi connectivity index (χ1) is 9.19. The van der Waals surface area contributed by atoms with Gasteiger partial charge >= 0.3 is 5.97 Å². The summed E-state index contributed by atoms with van der Waals surface area (Å²) < 4.78 is 13.0. The quantitative estimate of drug-likeness (QED) is 0.855. The molecule has 1 atom stereocenters. The maximum absolute atomic E-state index is 10.8. The zero-order chi connectivity index (χ0) is 13.3. The van der Waals surface area contributed by atoms with E-state index in [0.29, 0.717) is 6.61 Å². The Labute approximate surface area is 110 Å². The first kappa shape index (κ1) is 12.6. The Bertz CT molecular complexity index is 462. The molecule has 7 heteroatoms. The minimum Gasteiger partial charge on any atom is -0.476 e. The van der Waals surface area contributed by atoms with Crippen LogP contribution in [0.25, 0.3) is 0 Å².